The minimum atomic E-state index is -3.92. The Labute approximate surface area is 248 Å². The van der Waals surface area contributed by atoms with Crippen molar-refractivity contribution in [3.8, 4) is 0 Å². The number of amides is 1. The zero-order valence-electron chi connectivity index (χ0n) is 24.1. The highest BCUT2D eigenvalue weighted by Crippen LogP contribution is 2.31. The number of ether oxygens (including phenoxy) is 4. The van der Waals surface area contributed by atoms with E-state index in [4.69, 9.17) is 18.9 Å². The van der Waals surface area contributed by atoms with E-state index in [1.165, 1.54) is 6.92 Å². The quantitative estimate of drug-likeness (QED) is 0.273. The molecule has 5 atom stereocenters. The van der Waals surface area contributed by atoms with Crippen molar-refractivity contribution >= 4 is 15.7 Å². The number of rotatable bonds is 14. The van der Waals surface area contributed by atoms with E-state index in [0.29, 0.717) is 12.2 Å². The van der Waals surface area contributed by atoms with Crippen LogP contribution in [0.3, 0.4) is 0 Å². The van der Waals surface area contributed by atoms with E-state index in [1.54, 1.807) is 6.92 Å². The summed E-state index contributed by atoms with van der Waals surface area (Å²) in [6, 6.07) is 27.8. The van der Waals surface area contributed by atoms with Crippen molar-refractivity contribution in [1.82, 2.24) is 5.32 Å². The first-order chi connectivity index (χ1) is 20.2. The number of sulfone groups is 1. The van der Waals surface area contributed by atoms with E-state index in [9.17, 15) is 13.2 Å². The monoisotopic (exact) mass is 593 g/mol. The Kier molecular flexibility index (Phi) is 11.5. The zero-order valence-corrected chi connectivity index (χ0v) is 24.9. The fraction of sp³-hybridized carbons (Fsp3) is 0.364. The molecule has 1 fully saturated rings. The molecule has 3 aromatic rings. The molecule has 0 radical (unpaired) electrons. The largest absolute Gasteiger partial charge is 0.374 e. The van der Waals surface area contributed by atoms with Crippen LogP contribution in [-0.4, -0.2) is 56.5 Å². The Hall–Kier alpha value is -3.34. The van der Waals surface area contributed by atoms with Gasteiger partial charge in [-0.05, 0) is 23.6 Å². The van der Waals surface area contributed by atoms with Crippen LogP contribution in [0.2, 0.25) is 0 Å². The number of nitrogens with one attached hydrogen (secondary N) is 1. The third-order valence-corrected chi connectivity index (χ3v) is 8.79. The van der Waals surface area contributed by atoms with Crippen molar-refractivity contribution < 1.29 is 32.2 Å². The topological polar surface area (TPSA) is 100 Å². The Balaban J connectivity index is 1.68. The summed E-state index contributed by atoms with van der Waals surface area (Å²) in [4.78, 5) is 12.4. The van der Waals surface area contributed by atoms with Crippen LogP contribution >= 0.6 is 0 Å². The molecule has 3 aromatic carbocycles. The highest BCUT2D eigenvalue weighted by molar-refractivity contribution is 7.92. The third kappa shape index (κ3) is 9.08. The maximum Gasteiger partial charge on any atom is 0.217 e. The number of hydrogen-bond acceptors (Lipinski definition) is 7. The van der Waals surface area contributed by atoms with Crippen LogP contribution in [0.5, 0.6) is 0 Å². The van der Waals surface area contributed by atoms with Gasteiger partial charge in [-0.25, -0.2) is 8.42 Å². The minimum Gasteiger partial charge on any atom is -0.374 e. The van der Waals surface area contributed by atoms with Gasteiger partial charge >= 0.3 is 0 Å². The Morgan fingerprint density at radius 3 is 1.74 bits per heavy atom. The molecule has 0 aromatic heterocycles. The molecule has 4 rings (SSSR count). The maximum atomic E-state index is 13.7. The Morgan fingerprint density at radius 1 is 0.786 bits per heavy atom. The van der Waals surface area contributed by atoms with Gasteiger partial charge in [-0.1, -0.05) is 103 Å². The summed E-state index contributed by atoms with van der Waals surface area (Å²) in [6.07, 6.45) is -2.45. The van der Waals surface area contributed by atoms with Gasteiger partial charge < -0.3 is 24.3 Å². The number of benzene rings is 3. The molecule has 1 N–H and O–H groups in total. The second-order valence-corrected chi connectivity index (χ2v) is 12.6. The van der Waals surface area contributed by atoms with E-state index >= 15 is 0 Å². The highest BCUT2D eigenvalue weighted by Gasteiger charge is 2.52. The average molecular weight is 594 g/mol. The number of hydrogen-bond donors (Lipinski definition) is 1. The molecule has 0 aliphatic carbocycles. The van der Waals surface area contributed by atoms with Crippen LogP contribution in [0.4, 0.5) is 0 Å². The number of carbonyl (C=O) groups is 1. The van der Waals surface area contributed by atoms with Crippen LogP contribution in [0.25, 0.3) is 0 Å². The molecule has 1 amide bonds. The summed E-state index contributed by atoms with van der Waals surface area (Å²) in [5.41, 5.74) is 1.85. The van der Waals surface area contributed by atoms with Gasteiger partial charge in [-0.3, -0.25) is 4.79 Å². The lowest BCUT2D eigenvalue weighted by atomic mass is 9.97. The molecular formula is C33H39NO7S. The fourth-order valence-corrected chi connectivity index (χ4v) is 6.79. The summed E-state index contributed by atoms with van der Waals surface area (Å²) in [7, 11) is -3.92. The van der Waals surface area contributed by atoms with Crippen molar-refractivity contribution in [1.29, 1.82) is 0 Å². The highest BCUT2D eigenvalue weighted by atomic mass is 32.2. The Bertz CT molecular complexity index is 1380. The first kappa shape index (κ1) is 31.6. The predicted molar refractivity (Wildman–Crippen MR) is 161 cm³/mol. The fourth-order valence-electron chi connectivity index (χ4n) is 4.96. The third-order valence-electron chi connectivity index (χ3n) is 6.78. The lowest BCUT2D eigenvalue weighted by Gasteiger charge is -2.46. The molecule has 0 spiro atoms. The van der Waals surface area contributed by atoms with E-state index in [-0.39, 0.29) is 25.6 Å². The van der Waals surface area contributed by atoms with Crippen LogP contribution in [0.15, 0.2) is 103 Å². The molecule has 42 heavy (non-hydrogen) atoms. The van der Waals surface area contributed by atoms with Gasteiger partial charge in [-0.2, -0.15) is 0 Å². The summed E-state index contributed by atoms with van der Waals surface area (Å²) in [5.74, 6) is -0.709. The lowest BCUT2D eigenvalue weighted by molar-refractivity contribution is -0.217. The number of carbonyl (C=O) groups excluding carboxylic acids is 1. The molecule has 1 aliphatic heterocycles. The van der Waals surface area contributed by atoms with E-state index in [0.717, 1.165) is 16.7 Å². The molecule has 224 valence electrons. The summed E-state index contributed by atoms with van der Waals surface area (Å²) >= 11 is 0. The first-order valence-corrected chi connectivity index (χ1v) is 15.7. The molecule has 9 heteroatoms. The molecule has 0 bridgehead atoms. The van der Waals surface area contributed by atoms with Crippen LogP contribution < -0.4 is 5.32 Å². The van der Waals surface area contributed by atoms with Gasteiger partial charge in [0.25, 0.3) is 0 Å². The van der Waals surface area contributed by atoms with Crippen LogP contribution in [0.1, 0.15) is 30.5 Å². The zero-order chi connectivity index (χ0) is 30.0. The van der Waals surface area contributed by atoms with Crippen molar-refractivity contribution in [2.24, 2.45) is 0 Å². The molecular weight excluding hydrogens is 554 g/mol. The van der Waals surface area contributed by atoms with Crippen molar-refractivity contribution in [2.45, 2.75) is 63.5 Å². The smallest absolute Gasteiger partial charge is 0.217 e. The molecule has 1 heterocycles. The second kappa shape index (κ2) is 15.2. The van der Waals surface area contributed by atoms with Crippen molar-refractivity contribution in [3.63, 3.8) is 0 Å². The molecule has 1 aliphatic rings. The minimum absolute atomic E-state index is 0.0471. The molecule has 5 unspecified atom stereocenters. The molecule has 1 saturated heterocycles. The van der Waals surface area contributed by atoms with Crippen molar-refractivity contribution in [3.05, 3.63) is 120 Å². The average Bonchev–Trinajstić information content (AvgIpc) is 2.96. The Morgan fingerprint density at radius 2 is 1.26 bits per heavy atom. The van der Waals surface area contributed by atoms with Gasteiger partial charge in [0.15, 0.2) is 15.3 Å². The van der Waals surface area contributed by atoms with Gasteiger partial charge in [0, 0.05) is 6.92 Å². The molecule has 0 saturated carbocycles. The van der Waals surface area contributed by atoms with Gasteiger partial charge in [0.1, 0.15) is 18.3 Å². The standard InChI is InChI=1S/C33H39NO7S/c1-24(2)23-42(36,37)33-30(34-25(3)35)32(40-21-28-17-11-6-12-18-28)31(39-20-27-15-9-5-10-16-27)29(41-33)22-38-19-26-13-7-4-8-14-26/h4-18,29-33H,1,19-23H2,2-3H3,(H,34,35). The second-order valence-electron chi connectivity index (χ2n) is 10.6. The summed E-state index contributed by atoms with van der Waals surface area (Å²) in [5, 5.41) is 2.81. The van der Waals surface area contributed by atoms with Gasteiger partial charge in [0.2, 0.25) is 5.91 Å². The van der Waals surface area contributed by atoms with Gasteiger partial charge in [0.05, 0.1) is 38.2 Å². The van der Waals surface area contributed by atoms with Gasteiger partial charge in [-0.15, -0.1) is 0 Å². The molecule has 8 nitrogen and oxygen atoms in total. The van der Waals surface area contributed by atoms with E-state index in [2.05, 4.69) is 11.9 Å². The summed E-state index contributed by atoms with van der Waals surface area (Å²) < 4.78 is 52.6. The predicted octanol–water partition coefficient (Wildman–Crippen LogP) is 4.59. The lowest BCUT2D eigenvalue weighted by Crippen LogP contribution is -2.67. The summed E-state index contributed by atoms with van der Waals surface area (Å²) in [6.45, 7) is 7.53. The van der Waals surface area contributed by atoms with E-state index < -0.39 is 45.5 Å². The normalized spacial score (nSPS) is 22.4. The SMILES string of the molecule is C=C(C)CS(=O)(=O)C1OC(COCc2ccccc2)C(OCc2ccccc2)C(OCc2ccccc2)C1NC(C)=O. The van der Waals surface area contributed by atoms with Crippen LogP contribution in [0, 0.1) is 0 Å². The first-order valence-electron chi connectivity index (χ1n) is 13.9. The van der Waals surface area contributed by atoms with Crippen molar-refractivity contribution in [2.75, 3.05) is 12.4 Å². The van der Waals surface area contributed by atoms with E-state index in [1.807, 2.05) is 91.0 Å². The van der Waals surface area contributed by atoms with Crippen LogP contribution in [-0.2, 0) is 53.4 Å². The maximum absolute atomic E-state index is 13.7.